The smallest absolute Gasteiger partial charge is 0.336 e. The van der Waals surface area contributed by atoms with Crippen LogP contribution in [-0.2, 0) is 24.1 Å². The number of benzene rings is 1. The molecule has 1 aliphatic carbocycles. The first-order chi connectivity index (χ1) is 11.1. The average Bonchev–Trinajstić information content (AvgIpc) is 2.91. The van der Waals surface area contributed by atoms with Gasteiger partial charge in [0.25, 0.3) is 0 Å². The van der Waals surface area contributed by atoms with E-state index < -0.39 is 0 Å². The van der Waals surface area contributed by atoms with Gasteiger partial charge in [0.1, 0.15) is 5.58 Å². The van der Waals surface area contributed by atoms with Crippen molar-refractivity contribution < 1.29 is 9.15 Å². The molecule has 4 nitrogen and oxygen atoms in total. The zero-order valence-electron chi connectivity index (χ0n) is 13.8. The molecule has 2 aliphatic rings. The van der Waals surface area contributed by atoms with Crippen LogP contribution in [0.2, 0.25) is 0 Å². The standard InChI is InChI=1S/C19H23NO3/c1-12-9-20(10-13(2)22-12)11-16-8-19(21)23-18-7-15-5-3-4-14(15)6-17(16)18/h6-8,12-13H,3-5,9-11H2,1-2H3/t12-,13-/m1/s1. The van der Waals surface area contributed by atoms with Gasteiger partial charge in [-0.05, 0) is 61.9 Å². The molecule has 122 valence electrons. The van der Waals surface area contributed by atoms with E-state index in [4.69, 9.17) is 9.15 Å². The van der Waals surface area contributed by atoms with Crippen LogP contribution in [0.3, 0.4) is 0 Å². The lowest BCUT2D eigenvalue weighted by molar-refractivity contribution is -0.0704. The minimum Gasteiger partial charge on any atom is -0.423 e. The molecule has 4 rings (SSSR count). The molecule has 0 radical (unpaired) electrons. The lowest BCUT2D eigenvalue weighted by Crippen LogP contribution is -2.44. The fourth-order valence-corrected chi connectivity index (χ4v) is 4.08. The molecular formula is C19H23NO3. The Bertz CT molecular complexity index is 785. The first-order valence-electron chi connectivity index (χ1n) is 8.55. The predicted molar refractivity (Wildman–Crippen MR) is 89.8 cm³/mol. The summed E-state index contributed by atoms with van der Waals surface area (Å²) in [6.45, 7) is 6.78. The summed E-state index contributed by atoms with van der Waals surface area (Å²) in [6, 6.07) is 5.98. The van der Waals surface area contributed by atoms with Crippen LogP contribution < -0.4 is 5.63 Å². The normalized spacial score (nSPS) is 25.0. The number of hydrogen-bond acceptors (Lipinski definition) is 4. The maximum absolute atomic E-state index is 12.0. The summed E-state index contributed by atoms with van der Waals surface area (Å²) >= 11 is 0. The topological polar surface area (TPSA) is 42.7 Å². The molecule has 23 heavy (non-hydrogen) atoms. The highest BCUT2D eigenvalue weighted by molar-refractivity contribution is 5.82. The minimum absolute atomic E-state index is 0.231. The zero-order chi connectivity index (χ0) is 16.0. The summed E-state index contributed by atoms with van der Waals surface area (Å²) in [5, 5.41) is 1.09. The molecule has 1 aromatic carbocycles. The molecule has 0 unspecified atom stereocenters. The van der Waals surface area contributed by atoms with Crippen LogP contribution in [0.15, 0.2) is 27.4 Å². The van der Waals surface area contributed by atoms with Gasteiger partial charge in [0, 0.05) is 31.1 Å². The number of aryl methyl sites for hydroxylation is 2. The number of nitrogens with zero attached hydrogens (tertiary/aromatic N) is 1. The van der Waals surface area contributed by atoms with E-state index in [9.17, 15) is 4.79 Å². The number of ether oxygens (including phenoxy) is 1. The van der Waals surface area contributed by atoms with Crippen LogP contribution in [0.4, 0.5) is 0 Å². The van der Waals surface area contributed by atoms with Crippen molar-refractivity contribution >= 4 is 11.0 Å². The number of rotatable bonds is 2. The summed E-state index contributed by atoms with van der Waals surface area (Å²) in [5.41, 5.74) is 4.32. The van der Waals surface area contributed by atoms with Gasteiger partial charge in [0.15, 0.2) is 0 Å². The molecule has 2 atom stereocenters. The largest absolute Gasteiger partial charge is 0.423 e. The fraction of sp³-hybridized carbons (Fsp3) is 0.526. The van der Waals surface area contributed by atoms with Crippen LogP contribution in [0.25, 0.3) is 11.0 Å². The van der Waals surface area contributed by atoms with Gasteiger partial charge >= 0.3 is 5.63 Å². The van der Waals surface area contributed by atoms with Gasteiger partial charge in [0.2, 0.25) is 0 Å². The van der Waals surface area contributed by atoms with Gasteiger partial charge in [-0.3, -0.25) is 4.90 Å². The molecule has 1 aliphatic heterocycles. The Morgan fingerprint density at radius 2 is 1.78 bits per heavy atom. The van der Waals surface area contributed by atoms with E-state index in [1.54, 1.807) is 6.07 Å². The zero-order valence-corrected chi connectivity index (χ0v) is 13.8. The van der Waals surface area contributed by atoms with E-state index >= 15 is 0 Å². The highest BCUT2D eigenvalue weighted by Gasteiger charge is 2.23. The molecule has 0 saturated carbocycles. The molecule has 2 aromatic rings. The number of morpholine rings is 1. The van der Waals surface area contributed by atoms with E-state index in [-0.39, 0.29) is 17.8 Å². The third-order valence-corrected chi connectivity index (χ3v) is 4.93. The van der Waals surface area contributed by atoms with E-state index in [0.29, 0.717) is 0 Å². The fourth-order valence-electron chi connectivity index (χ4n) is 4.08. The predicted octanol–water partition coefficient (Wildman–Crippen LogP) is 2.89. The van der Waals surface area contributed by atoms with Crippen molar-refractivity contribution in [2.75, 3.05) is 13.1 Å². The molecule has 1 aromatic heterocycles. The summed E-state index contributed by atoms with van der Waals surface area (Å²) in [7, 11) is 0. The molecule has 0 bridgehead atoms. The van der Waals surface area contributed by atoms with Crippen molar-refractivity contribution in [1.29, 1.82) is 0 Å². The first-order valence-corrected chi connectivity index (χ1v) is 8.55. The lowest BCUT2D eigenvalue weighted by Gasteiger charge is -2.35. The maximum atomic E-state index is 12.0. The second kappa shape index (κ2) is 5.77. The SMILES string of the molecule is C[C@@H]1CN(Cc2cc(=O)oc3cc4c(cc23)CCC4)C[C@@H](C)O1. The average molecular weight is 313 g/mol. The maximum Gasteiger partial charge on any atom is 0.336 e. The second-order valence-corrected chi connectivity index (χ2v) is 7.01. The van der Waals surface area contributed by atoms with Crippen molar-refractivity contribution in [3.8, 4) is 0 Å². The highest BCUT2D eigenvalue weighted by atomic mass is 16.5. The quantitative estimate of drug-likeness (QED) is 0.800. The summed E-state index contributed by atoms with van der Waals surface area (Å²) < 4.78 is 11.3. The summed E-state index contributed by atoms with van der Waals surface area (Å²) in [4.78, 5) is 14.3. The van der Waals surface area contributed by atoms with Gasteiger partial charge in [-0.2, -0.15) is 0 Å². The Hall–Kier alpha value is -1.65. The van der Waals surface area contributed by atoms with Crippen molar-refractivity contribution in [3.63, 3.8) is 0 Å². The van der Waals surface area contributed by atoms with Gasteiger partial charge in [0.05, 0.1) is 12.2 Å². The van der Waals surface area contributed by atoms with Crippen LogP contribution in [0.5, 0.6) is 0 Å². The Kier molecular flexibility index (Phi) is 3.74. The van der Waals surface area contributed by atoms with Gasteiger partial charge in [-0.15, -0.1) is 0 Å². The van der Waals surface area contributed by atoms with Crippen molar-refractivity contribution in [3.05, 3.63) is 45.3 Å². The lowest BCUT2D eigenvalue weighted by atomic mass is 10.0. The molecular weight excluding hydrogens is 290 g/mol. The molecule has 4 heteroatoms. The van der Waals surface area contributed by atoms with Crippen LogP contribution in [0, 0.1) is 0 Å². The van der Waals surface area contributed by atoms with Crippen LogP contribution >= 0.6 is 0 Å². The first kappa shape index (κ1) is 14.9. The molecule has 0 spiro atoms. The molecule has 1 saturated heterocycles. The molecule has 0 N–H and O–H groups in total. The van der Waals surface area contributed by atoms with Crippen molar-refractivity contribution in [1.82, 2.24) is 4.90 Å². The Morgan fingerprint density at radius 3 is 2.52 bits per heavy atom. The third-order valence-electron chi connectivity index (χ3n) is 4.93. The van der Waals surface area contributed by atoms with Gasteiger partial charge in [-0.1, -0.05) is 0 Å². The van der Waals surface area contributed by atoms with Gasteiger partial charge in [-0.25, -0.2) is 4.79 Å². The number of hydrogen-bond donors (Lipinski definition) is 0. The molecule has 2 heterocycles. The Balaban J connectivity index is 1.72. The molecule has 0 amide bonds. The highest BCUT2D eigenvalue weighted by Crippen LogP contribution is 2.29. The molecule has 1 fully saturated rings. The van der Waals surface area contributed by atoms with Crippen LogP contribution in [-0.4, -0.2) is 30.2 Å². The summed E-state index contributed by atoms with van der Waals surface area (Å²) in [5.74, 6) is 0. The Labute approximate surface area is 136 Å². The minimum atomic E-state index is -0.250. The Morgan fingerprint density at radius 1 is 1.09 bits per heavy atom. The third kappa shape index (κ3) is 2.93. The van der Waals surface area contributed by atoms with Gasteiger partial charge < -0.3 is 9.15 Å². The van der Waals surface area contributed by atoms with E-state index in [1.807, 2.05) is 0 Å². The van der Waals surface area contributed by atoms with Crippen molar-refractivity contribution in [2.24, 2.45) is 0 Å². The second-order valence-electron chi connectivity index (χ2n) is 7.01. The van der Waals surface area contributed by atoms with Crippen LogP contribution in [0.1, 0.15) is 37.0 Å². The van der Waals surface area contributed by atoms with E-state index in [1.165, 1.54) is 17.5 Å². The monoisotopic (exact) mass is 313 g/mol. The van der Waals surface area contributed by atoms with Crippen molar-refractivity contribution in [2.45, 2.75) is 51.9 Å². The van der Waals surface area contributed by atoms with E-state index in [2.05, 4.69) is 30.9 Å². The number of fused-ring (bicyclic) bond motifs is 2. The summed E-state index contributed by atoms with van der Waals surface area (Å²) in [6.07, 6.45) is 3.89. The van der Waals surface area contributed by atoms with E-state index in [0.717, 1.165) is 49.0 Å².